The Hall–Kier alpha value is -2.11. The van der Waals surface area contributed by atoms with Crippen molar-refractivity contribution in [1.29, 1.82) is 0 Å². The maximum Gasteiger partial charge on any atom is 0.129 e. The van der Waals surface area contributed by atoms with Gasteiger partial charge >= 0.3 is 0 Å². The van der Waals surface area contributed by atoms with E-state index in [1.54, 1.807) is 7.11 Å². The van der Waals surface area contributed by atoms with E-state index < -0.39 is 5.60 Å². The molecule has 1 N–H and O–H groups in total. The highest BCUT2D eigenvalue weighted by Gasteiger charge is 2.34. The van der Waals surface area contributed by atoms with Crippen LogP contribution >= 0.6 is 15.9 Å². The molecule has 3 aromatic rings. The Kier molecular flexibility index (Phi) is 4.82. The lowest BCUT2D eigenvalue weighted by Gasteiger charge is -2.39. The van der Waals surface area contributed by atoms with Gasteiger partial charge in [0.25, 0.3) is 0 Å². The molecule has 1 aliphatic rings. The van der Waals surface area contributed by atoms with Gasteiger partial charge in [0, 0.05) is 29.0 Å². The third-order valence-corrected chi connectivity index (χ3v) is 6.04. The molecule has 0 saturated carbocycles. The van der Waals surface area contributed by atoms with Gasteiger partial charge in [0.1, 0.15) is 11.6 Å². The summed E-state index contributed by atoms with van der Waals surface area (Å²) in [5, 5.41) is 12.3. The monoisotopic (exact) mass is 426 g/mol. The molecular weight excluding hydrogens is 404 g/mol. The number of fused-ring (bicyclic) bond motifs is 1. The summed E-state index contributed by atoms with van der Waals surface area (Å²) in [6.07, 6.45) is 1.37. The topological polar surface area (TPSA) is 45.6 Å². The molecule has 0 atom stereocenters. The van der Waals surface area contributed by atoms with Crippen molar-refractivity contribution in [2.24, 2.45) is 0 Å². The third kappa shape index (κ3) is 3.54. The van der Waals surface area contributed by atoms with Gasteiger partial charge in [0.2, 0.25) is 0 Å². The molecule has 2 aromatic carbocycles. The van der Waals surface area contributed by atoms with E-state index in [2.05, 4.69) is 39.9 Å². The lowest BCUT2D eigenvalue weighted by Crippen LogP contribution is -2.43. The molecule has 2 heterocycles. The number of pyridine rings is 1. The van der Waals surface area contributed by atoms with E-state index in [1.807, 2.05) is 36.4 Å². The van der Waals surface area contributed by atoms with Gasteiger partial charge in [-0.3, -0.25) is 0 Å². The number of hydrogen-bond donors (Lipinski definition) is 1. The van der Waals surface area contributed by atoms with E-state index in [4.69, 9.17) is 9.72 Å². The molecule has 0 aliphatic carbocycles. The lowest BCUT2D eigenvalue weighted by atomic mass is 9.84. The number of hydrogen-bond acceptors (Lipinski definition) is 4. The highest BCUT2D eigenvalue weighted by atomic mass is 79.9. The Morgan fingerprint density at radius 1 is 1.07 bits per heavy atom. The summed E-state index contributed by atoms with van der Waals surface area (Å²) in [6.45, 7) is 3.66. The highest BCUT2D eigenvalue weighted by Crippen LogP contribution is 2.35. The Morgan fingerprint density at radius 3 is 2.44 bits per heavy atom. The van der Waals surface area contributed by atoms with E-state index in [0.717, 1.165) is 45.6 Å². The van der Waals surface area contributed by atoms with Gasteiger partial charge in [0.15, 0.2) is 0 Å². The minimum absolute atomic E-state index is 0.686. The number of benzene rings is 2. The predicted octanol–water partition coefficient (Wildman–Crippen LogP) is 4.80. The lowest BCUT2D eigenvalue weighted by molar-refractivity contribution is 0.0116. The van der Waals surface area contributed by atoms with Crippen LogP contribution in [0, 0.1) is 6.92 Å². The average Bonchev–Trinajstić information content (AvgIpc) is 2.68. The summed E-state index contributed by atoms with van der Waals surface area (Å²) in [5.41, 5.74) is 2.36. The number of nitrogens with zero attached hydrogens (tertiary/aromatic N) is 2. The maximum atomic E-state index is 11.1. The molecule has 0 bridgehead atoms. The second kappa shape index (κ2) is 7.13. The van der Waals surface area contributed by atoms with Crippen LogP contribution in [0.4, 0.5) is 5.82 Å². The molecule has 4 nitrogen and oxygen atoms in total. The molecule has 140 valence electrons. The number of methoxy groups -OCH3 is 1. The molecule has 1 aromatic heterocycles. The van der Waals surface area contributed by atoms with Crippen molar-refractivity contribution in [2.75, 3.05) is 25.1 Å². The van der Waals surface area contributed by atoms with Crippen LogP contribution in [0.2, 0.25) is 0 Å². The van der Waals surface area contributed by atoms with E-state index in [-0.39, 0.29) is 0 Å². The molecule has 1 aliphatic heterocycles. The number of ether oxygens (including phenoxy) is 1. The minimum atomic E-state index is -0.772. The summed E-state index contributed by atoms with van der Waals surface area (Å²) in [7, 11) is 1.67. The third-order valence-electron chi connectivity index (χ3n) is 5.51. The van der Waals surface area contributed by atoms with Crippen LogP contribution in [-0.2, 0) is 5.60 Å². The van der Waals surface area contributed by atoms with Gasteiger partial charge in [-0.1, -0.05) is 28.1 Å². The van der Waals surface area contributed by atoms with Crippen LogP contribution in [0.25, 0.3) is 10.9 Å². The Bertz CT molecular complexity index is 964. The van der Waals surface area contributed by atoms with Crippen molar-refractivity contribution in [3.8, 4) is 5.75 Å². The first-order valence-electron chi connectivity index (χ1n) is 9.17. The molecule has 5 heteroatoms. The molecule has 0 unspecified atom stereocenters. The predicted molar refractivity (Wildman–Crippen MR) is 113 cm³/mol. The van der Waals surface area contributed by atoms with E-state index in [1.165, 1.54) is 5.56 Å². The molecule has 27 heavy (non-hydrogen) atoms. The average molecular weight is 427 g/mol. The maximum absolute atomic E-state index is 11.1. The number of piperidine rings is 1. The van der Waals surface area contributed by atoms with Crippen molar-refractivity contribution < 1.29 is 9.84 Å². The Morgan fingerprint density at radius 2 is 1.78 bits per heavy atom. The molecule has 1 saturated heterocycles. The van der Waals surface area contributed by atoms with Crippen LogP contribution in [-0.4, -0.2) is 30.3 Å². The molecule has 4 rings (SSSR count). The molecular formula is C22H23BrN2O2. The summed E-state index contributed by atoms with van der Waals surface area (Å²) in [6, 6.07) is 16.1. The summed E-state index contributed by atoms with van der Waals surface area (Å²) < 4.78 is 6.37. The van der Waals surface area contributed by atoms with Gasteiger partial charge < -0.3 is 14.7 Å². The number of halogens is 1. The second-order valence-electron chi connectivity index (χ2n) is 7.21. The zero-order chi connectivity index (χ0) is 19.0. The normalized spacial score (nSPS) is 16.5. The number of anilines is 1. The van der Waals surface area contributed by atoms with Crippen LogP contribution in [0.1, 0.15) is 24.0 Å². The van der Waals surface area contributed by atoms with Crippen LogP contribution in [0.5, 0.6) is 5.75 Å². The van der Waals surface area contributed by atoms with Crippen LogP contribution < -0.4 is 9.64 Å². The standard InChI is InChI=1S/C22H23BrN2O2/c1-15-13-21(24-20-14-18(27-2)7-8-19(15)20)25-11-9-22(26,10-12-25)16-3-5-17(23)6-4-16/h3-8,13-14,26H,9-12H2,1-2H3. The fourth-order valence-corrected chi connectivity index (χ4v) is 4.07. The Labute approximate surface area is 167 Å². The minimum Gasteiger partial charge on any atom is -0.497 e. The highest BCUT2D eigenvalue weighted by molar-refractivity contribution is 9.10. The quantitative estimate of drug-likeness (QED) is 0.652. The van der Waals surface area contributed by atoms with E-state index in [9.17, 15) is 5.11 Å². The molecule has 0 spiro atoms. The number of rotatable bonds is 3. The smallest absolute Gasteiger partial charge is 0.129 e. The van der Waals surface area contributed by atoms with Crippen LogP contribution in [0.15, 0.2) is 53.0 Å². The molecule has 0 amide bonds. The van der Waals surface area contributed by atoms with Crippen molar-refractivity contribution in [3.63, 3.8) is 0 Å². The van der Waals surface area contributed by atoms with Gasteiger partial charge in [-0.25, -0.2) is 4.98 Å². The number of aromatic nitrogens is 1. The fourth-order valence-electron chi connectivity index (χ4n) is 3.81. The van der Waals surface area contributed by atoms with Crippen molar-refractivity contribution >= 4 is 32.7 Å². The zero-order valence-electron chi connectivity index (χ0n) is 15.6. The Balaban J connectivity index is 1.58. The summed E-state index contributed by atoms with van der Waals surface area (Å²) in [4.78, 5) is 7.12. The van der Waals surface area contributed by atoms with Crippen molar-refractivity contribution in [2.45, 2.75) is 25.4 Å². The van der Waals surface area contributed by atoms with E-state index >= 15 is 0 Å². The van der Waals surface area contributed by atoms with E-state index in [0.29, 0.717) is 12.8 Å². The first-order chi connectivity index (χ1) is 13.0. The van der Waals surface area contributed by atoms with Crippen molar-refractivity contribution in [3.05, 3.63) is 64.1 Å². The van der Waals surface area contributed by atoms with Gasteiger partial charge in [-0.05, 0) is 61.2 Å². The summed E-state index contributed by atoms with van der Waals surface area (Å²) >= 11 is 3.46. The first kappa shape index (κ1) is 18.3. The van der Waals surface area contributed by atoms with Gasteiger partial charge in [0.05, 0.1) is 18.2 Å². The SMILES string of the molecule is COc1ccc2c(C)cc(N3CCC(O)(c4ccc(Br)cc4)CC3)nc2c1. The first-order valence-corrected chi connectivity index (χ1v) is 9.97. The summed E-state index contributed by atoms with van der Waals surface area (Å²) in [5.74, 6) is 1.78. The zero-order valence-corrected chi connectivity index (χ0v) is 17.2. The largest absolute Gasteiger partial charge is 0.497 e. The van der Waals surface area contributed by atoms with Gasteiger partial charge in [-0.15, -0.1) is 0 Å². The fraction of sp³-hybridized carbons (Fsp3) is 0.318. The number of aryl methyl sites for hydroxylation is 1. The second-order valence-corrected chi connectivity index (χ2v) is 8.12. The number of aliphatic hydroxyl groups is 1. The van der Waals surface area contributed by atoms with Gasteiger partial charge in [-0.2, -0.15) is 0 Å². The van der Waals surface area contributed by atoms with Crippen molar-refractivity contribution in [1.82, 2.24) is 4.98 Å². The molecule has 1 fully saturated rings. The molecule has 0 radical (unpaired) electrons. The van der Waals surface area contributed by atoms with Crippen LogP contribution in [0.3, 0.4) is 0 Å².